The lowest BCUT2D eigenvalue weighted by molar-refractivity contribution is -0.139. The van der Waals surface area contributed by atoms with Crippen LogP contribution in [0, 0.1) is 0 Å². The van der Waals surface area contributed by atoms with Crippen LogP contribution in [-0.2, 0) is 28.3 Å². The highest BCUT2D eigenvalue weighted by molar-refractivity contribution is 5.72. The van der Waals surface area contributed by atoms with E-state index in [2.05, 4.69) is 4.74 Å². The van der Waals surface area contributed by atoms with Gasteiger partial charge in [-0.3, -0.25) is 4.79 Å². The van der Waals surface area contributed by atoms with Crippen molar-refractivity contribution < 1.29 is 18.3 Å². The van der Waals surface area contributed by atoms with E-state index >= 15 is 0 Å². The van der Waals surface area contributed by atoms with E-state index in [-0.39, 0.29) is 24.4 Å². The van der Waals surface area contributed by atoms with Gasteiger partial charge in [-0.25, -0.2) is 8.78 Å². The Morgan fingerprint density at radius 3 is 2.22 bits per heavy atom. The van der Waals surface area contributed by atoms with Crippen LogP contribution in [0.4, 0.5) is 8.78 Å². The van der Waals surface area contributed by atoms with Crippen molar-refractivity contribution in [2.24, 2.45) is 0 Å². The number of carbonyl (C=O) groups is 1. The van der Waals surface area contributed by atoms with E-state index in [1.807, 2.05) is 24.3 Å². The van der Waals surface area contributed by atoms with Crippen molar-refractivity contribution in [2.45, 2.75) is 31.6 Å². The third-order valence-corrected chi connectivity index (χ3v) is 3.75. The summed E-state index contributed by atoms with van der Waals surface area (Å²) < 4.78 is 32.7. The van der Waals surface area contributed by atoms with E-state index in [0.29, 0.717) is 12.8 Å². The van der Waals surface area contributed by atoms with Gasteiger partial charge in [0.15, 0.2) is 0 Å². The molecule has 0 unspecified atom stereocenters. The maximum Gasteiger partial charge on any atom is 0.309 e. The van der Waals surface area contributed by atoms with Crippen molar-refractivity contribution in [3.05, 3.63) is 71.3 Å². The Hall–Kier alpha value is -2.23. The Balaban J connectivity index is 1.85. The molecule has 2 nitrogen and oxygen atoms in total. The van der Waals surface area contributed by atoms with Gasteiger partial charge in [0.2, 0.25) is 0 Å². The molecule has 0 amide bonds. The Bertz CT molecular complexity index is 622. The fourth-order valence-corrected chi connectivity index (χ4v) is 2.40. The number of benzene rings is 2. The fraction of sp³-hybridized carbons (Fsp3) is 0.316. The molecule has 0 bridgehead atoms. The molecular weight excluding hydrogens is 298 g/mol. The van der Waals surface area contributed by atoms with Gasteiger partial charge in [-0.1, -0.05) is 54.6 Å². The van der Waals surface area contributed by atoms with Gasteiger partial charge in [0.25, 0.3) is 5.92 Å². The molecule has 4 heteroatoms. The van der Waals surface area contributed by atoms with Crippen LogP contribution in [0.15, 0.2) is 54.6 Å². The van der Waals surface area contributed by atoms with Gasteiger partial charge in [0, 0.05) is 12.0 Å². The van der Waals surface area contributed by atoms with Gasteiger partial charge in [0.1, 0.15) is 0 Å². The van der Waals surface area contributed by atoms with E-state index in [4.69, 9.17) is 0 Å². The average molecular weight is 318 g/mol. The summed E-state index contributed by atoms with van der Waals surface area (Å²) in [7, 11) is 1.35. The number of esters is 1. The third kappa shape index (κ3) is 5.16. The van der Waals surface area contributed by atoms with Crippen LogP contribution in [0.3, 0.4) is 0 Å². The van der Waals surface area contributed by atoms with Crippen LogP contribution >= 0.6 is 0 Å². The zero-order valence-electron chi connectivity index (χ0n) is 13.1. The quantitative estimate of drug-likeness (QED) is 0.702. The van der Waals surface area contributed by atoms with Gasteiger partial charge in [0.05, 0.1) is 13.5 Å². The first-order chi connectivity index (χ1) is 11.0. The largest absolute Gasteiger partial charge is 0.469 e. The van der Waals surface area contributed by atoms with E-state index in [1.165, 1.54) is 19.2 Å². The van der Waals surface area contributed by atoms with Gasteiger partial charge < -0.3 is 4.74 Å². The molecule has 2 aromatic carbocycles. The summed E-state index contributed by atoms with van der Waals surface area (Å²) in [5, 5.41) is 0. The van der Waals surface area contributed by atoms with Crippen molar-refractivity contribution in [2.75, 3.05) is 7.11 Å². The SMILES string of the molecule is COC(=O)Cc1ccc(CCCC(F)(F)c2ccccc2)cc1. The first kappa shape index (κ1) is 17.1. The minimum absolute atomic E-state index is 0.0634. The van der Waals surface area contributed by atoms with Gasteiger partial charge in [-0.15, -0.1) is 0 Å². The Morgan fingerprint density at radius 1 is 1.00 bits per heavy atom. The molecule has 0 aliphatic heterocycles. The van der Waals surface area contributed by atoms with Crippen molar-refractivity contribution in [1.82, 2.24) is 0 Å². The first-order valence-corrected chi connectivity index (χ1v) is 7.59. The van der Waals surface area contributed by atoms with Crippen LogP contribution in [-0.4, -0.2) is 13.1 Å². The van der Waals surface area contributed by atoms with Gasteiger partial charge in [-0.05, 0) is 24.0 Å². The molecule has 0 saturated heterocycles. The molecule has 0 aliphatic carbocycles. The van der Waals surface area contributed by atoms with Crippen LogP contribution < -0.4 is 0 Å². The molecule has 2 rings (SSSR count). The first-order valence-electron chi connectivity index (χ1n) is 7.59. The van der Waals surface area contributed by atoms with Gasteiger partial charge >= 0.3 is 5.97 Å². The number of hydrogen-bond acceptors (Lipinski definition) is 2. The molecule has 0 saturated carbocycles. The maximum atomic E-state index is 14.1. The minimum Gasteiger partial charge on any atom is -0.469 e. The molecule has 122 valence electrons. The predicted molar refractivity (Wildman–Crippen MR) is 85.4 cm³/mol. The Kier molecular flexibility index (Phi) is 5.85. The molecule has 0 aromatic heterocycles. The average Bonchev–Trinajstić information content (AvgIpc) is 2.57. The number of methoxy groups -OCH3 is 1. The van der Waals surface area contributed by atoms with Crippen LogP contribution in [0.5, 0.6) is 0 Å². The summed E-state index contributed by atoms with van der Waals surface area (Å²) >= 11 is 0. The number of alkyl halides is 2. The number of rotatable bonds is 7. The van der Waals surface area contributed by atoms with E-state index in [0.717, 1.165) is 11.1 Å². The lowest BCUT2D eigenvalue weighted by Crippen LogP contribution is -2.13. The number of ether oxygens (including phenoxy) is 1. The molecule has 0 spiro atoms. The van der Waals surface area contributed by atoms with E-state index in [1.54, 1.807) is 18.2 Å². The number of hydrogen-bond donors (Lipinski definition) is 0. The summed E-state index contributed by atoms with van der Waals surface area (Å²) in [6.07, 6.45) is 1.03. The maximum absolute atomic E-state index is 14.1. The summed E-state index contributed by atoms with van der Waals surface area (Å²) in [5.41, 5.74) is 1.91. The van der Waals surface area contributed by atoms with Crippen LogP contribution in [0.2, 0.25) is 0 Å². The zero-order chi connectivity index (χ0) is 16.7. The molecule has 0 aliphatic rings. The molecular formula is C19H20F2O2. The molecule has 2 aromatic rings. The summed E-state index contributed by atoms with van der Waals surface area (Å²) in [4.78, 5) is 11.2. The predicted octanol–water partition coefficient (Wildman–Crippen LogP) is 4.52. The molecule has 23 heavy (non-hydrogen) atoms. The standard InChI is InChI=1S/C19H20F2O2/c1-23-18(22)14-16-11-9-15(10-12-16)6-5-13-19(20,21)17-7-3-2-4-8-17/h2-4,7-12H,5-6,13-14H2,1H3. The summed E-state index contributed by atoms with van der Waals surface area (Å²) in [6.45, 7) is 0. The zero-order valence-corrected chi connectivity index (χ0v) is 13.1. The second-order valence-corrected chi connectivity index (χ2v) is 5.49. The normalized spacial score (nSPS) is 11.3. The topological polar surface area (TPSA) is 26.3 Å². The lowest BCUT2D eigenvalue weighted by atomic mass is 9.99. The van der Waals surface area contributed by atoms with Crippen molar-refractivity contribution in [1.29, 1.82) is 0 Å². The smallest absolute Gasteiger partial charge is 0.309 e. The van der Waals surface area contributed by atoms with E-state index in [9.17, 15) is 13.6 Å². The van der Waals surface area contributed by atoms with Crippen LogP contribution in [0.1, 0.15) is 29.5 Å². The molecule has 0 fully saturated rings. The van der Waals surface area contributed by atoms with Crippen LogP contribution in [0.25, 0.3) is 0 Å². The molecule has 0 N–H and O–H groups in total. The highest BCUT2D eigenvalue weighted by Gasteiger charge is 2.30. The summed E-state index contributed by atoms with van der Waals surface area (Å²) in [6, 6.07) is 15.3. The Labute approximate surface area is 135 Å². The fourth-order valence-electron chi connectivity index (χ4n) is 2.40. The Morgan fingerprint density at radius 2 is 1.61 bits per heavy atom. The van der Waals surface area contributed by atoms with Gasteiger partial charge in [-0.2, -0.15) is 0 Å². The minimum atomic E-state index is -2.80. The summed E-state index contributed by atoms with van der Waals surface area (Å²) in [5.74, 6) is -3.09. The van der Waals surface area contributed by atoms with Crippen molar-refractivity contribution >= 4 is 5.97 Å². The van der Waals surface area contributed by atoms with Crippen molar-refractivity contribution in [3.8, 4) is 0 Å². The number of halogens is 2. The molecule has 0 radical (unpaired) electrons. The highest BCUT2D eigenvalue weighted by Crippen LogP contribution is 2.33. The molecule has 0 heterocycles. The van der Waals surface area contributed by atoms with E-state index < -0.39 is 5.92 Å². The number of carbonyl (C=O) groups excluding carboxylic acids is 1. The number of aryl methyl sites for hydroxylation is 1. The second-order valence-electron chi connectivity index (χ2n) is 5.49. The lowest BCUT2D eigenvalue weighted by Gasteiger charge is -2.16. The van der Waals surface area contributed by atoms with Crippen molar-refractivity contribution in [3.63, 3.8) is 0 Å². The monoisotopic (exact) mass is 318 g/mol. The second kappa shape index (κ2) is 7.86. The molecule has 0 atom stereocenters. The third-order valence-electron chi connectivity index (χ3n) is 3.75. The highest BCUT2D eigenvalue weighted by atomic mass is 19.3.